The zero-order chi connectivity index (χ0) is 14.1. The van der Waals surface area contributed by atoms with Gasteiger partial charge in [0.15, 0.2) is 0 Å². The molecular formula is C14H21NO3S. The first-order valence-electron chi connectivity index (χ1n) is 6.59. The second kappa shape index (κ2) is 5.23. The summed E-state index contributed by atoms with van der Waals surface area (Å²) in [6.45, 7) is 4.70. The second-order valence-corrected chi connectivity index (χ2v) is 7.41. The molecule has 2 N–H and O–H groups in total. The molecule has 0 aliphatic heterocycles. The van der Waals surface area contributed by atoms with Gasteiger partial charge in [-0.2, -0.15) is 0 Å². The van der Waals surface area contributed by atoms with Crippen LogP contribution in [-0.2, 0) is 16.6 Å². The maximum absolute atomic E-state index is 12.2. The summed E-state index contributed by atoms with van der Waals surface area (Å²) in [5.74, 6) is 0.493. The van der Waals surface area contributed by atoms with Gasteiger partial charge in [-0.15, -0.1) is 0 Å². The lowest BCUT2D eigenvalue weighted by Gasteiger charge is -2.20. The summed E-state index contributed by atoms with van der Waals surface area (Å²) in [7, 11) is -3.44. The molecule has 0 bridgehead atoms. The van der Waals surface area contributed by atoms with E-state index in [2.05, 4.69) is 18.6 Å². The quantitative estimate of drug-likeness (QED) is 0.838. The van der Waals surface area contributed by atoms with E-state index in [1.54, 1.807) is 12.1 Å². The highest BCUT2D eigenvalue weighted by atomic mass is 32.2. The second-order valence-electron chi connectivity index (χ2n) is 5.64. The van der Waals surface area contributed by atoms with Gasteiger partial charge in [0.25, 0.3) is 0 Å². The predicted octanol–water partition coefficient (Wildman–Crippen LogP) is 1.89. The zero-order valence-corrected chi connectivity index (χ0v) is 12.2. The van der Waals surface area contributed by atoms with Crippen LogP contribution in [0.2, 0.25) is 0 Å². The van der Waals surface area contributed by atoms with Gasteiger partial charge in [-0.1, -0.05) is 26.0 Å². The normalized spacial score (nSPS) is 17.7. The summed E-state index contributed by atoms with van der Waals surface area (Å²) < 4.78 is 27.0. The Morgan fingerprint density at radius 1 is 1.26 bits per heavy atom. The summed E-state index contributed by atoms with van der Waals surface area (Å²) in [5, 5.41) is 8.95. The van der Waals surface area contributed by atoms with Crippen molar-refractivity contribution in [2.24, 2.45) is 11.3 Å². The Bertz CT molecular complexity index is 530. The lowest BCUT2D eigenvalue weighted by Crippen LogP contribution is -2.32. The van der Waals surface area contributed by atoms with Crippen molar-refractivity contribution in [2.45, 2.75) is 38.2 Å². The summed E-state index contributed by atoms with van der Waals surface area (Å²) in [4.78, 5) is 0.254. The van der Waals surface area contributed by atoms with E-state index in [4.69, 9.17) is 5.11 Å². The van der Waals surface area contributed by atoms with E-state index < -0.39 is 10.0 Å². The molecule has 0 heterocycles. The van der Waals surface area contributed by atoms with Crippen LogP contribution in [0.1, 0.15) is 32.3 Å². The number of hydrogen-bond acceptors (Lipinski definition) is 3. The molecule has 1 aromatic rings. The van der Waals surface area contributed by atoms with E-state index in [-0.39, 0.29) is 16.9 Å². The fourth-order valence-electron chi connectivity index (χ4n) is 2.21. The van der Waals surface area contributed by atoms with Crippen LogP contribution in [0.25, 0.3) is 0 Å². The first kappa shape index (κ1) is 14.5. The van der Waals surface area contributed by atoms with Crippen molar-refractivity contribution < 1.29 is 13.5 Å². The standard InChI is InChI=1S/C14H21NO3S/c1-11(2)14(7-8-14)10-15-19(17,18)13-5-3-12(9-16)4-6-13/h3-6,11,15-16H,7-10H2,1-2H3. The van der Waals surface area contributed by atoms with Gasteiger partial charge >= 0.3 is 0 Å². The highest BCUT2D eigenvalue weighted by molar-refractivity contribution is 7.89. The van der Waals surface area contributed by atoms with Crippen LogP contribution in [0.15, 0.2) is 29.2 Å². The topological polar surface area (TPSA) is 66.4 Å². The molecule has 0 saturated heterocycles. The molecule has 2 rings (SSSR count). The number of nitrogens with one attached hydrogen (secondary N) is 1. The molecule has 0 aromatic heterocycles. The number of hydrogen-bond donors (Lipinski definition) is 2. The minimum Gasteiger partial charge on any atom is -0.392 e. The van der Waals surface area contributed by atoms with Crippen LogP contribution < -0.4 is 4.72 Å². The predicted molar refractivity (Wildman–Crippen MR) is 74.1 cm³/mol. The van der Waals surface area contributed by atoms with Gasteiger partial charge in [-0.05, 0) is 41.9 Å². The Balaban J connectivity index is 2.06. The number of rotatable bonds is 6. The lowest BCUT2D eigenvalue weighted by molar-refractivity contribution is 0.282. The molecule has 1 saturated carbocycles. The van der Waals surface area contributed by atoms with Crippen LogP contribution in [0, 0.1) is 11.3 Å². The van der Waals surface area contributed by atoms with E-state index in [1.807, 2.05) is 0 Å². The monoisotopic (exact) mass is 283 g/mol. The average Bonchev–Trinajstić information content (AvgIpc) is 3.18. The number of sulfonamides is 1. The molecule has 1 aromatic carbocycles. The molecule has 1 aliphatic carbocycles. The molecule has 1 fully saturated rings. The van der Waals surface area contributed by atoms with Crippen molar-refractivity contribution in [3.63, 3.8) is 0 Å². The average molecular weight is 283 g/mol. The van der Waals surface area contributed by atoms with Crippen LogP contribution >= 0.6 is 0 Å². The molecule has 1 aliphatic rings. The molecule has 106 valence electrons. The van der Waals surface area contributed by atoms with Crippen molar-refractivity contribution in [3.8, 4) is 0 Å². The Morgan fingerprint density at radius 3 is 2.26 bits per heavy atom. The fourth-order valence-corrected chi connectivity index (χ4v) is 3.35. The van der Waals surface area contributed by atoms with Gasteiger partial charge in [0.2, 0.25) is 10.0 Å². The van der Waals surface area contributed by atoms with Crippen molar-refractivity contribution in [1.29, 1.82) is 0 Å². The van der Waals surface area contributed by atoms with Gasteiger partial charge in [0.1, 0.15) is 0 Å². The minimum absolute atomic E-state index is 0.0792. The summed E-state index contributed by atoms with van der Waals surface area (Å²) >= 11 is 0. The summed E-state index contributed by atoms with van der Waals surface area (Å²) in [6.07, 6.45) is 2.19. The number of aliphatic hydroxyl groups is 1. The zero-order valence-electron chi connectivity index (χ0n) is 11.4. The molecule has 0 radical (unpaired) electrons. The molecule has 0 atom stereocenters. The van der Waals surface area contributed by atoms with Crippen LogP contribution in [0.5, 0.6) is 0 Å². The number of aliphatic hydroxyl groups excluding tert-OH is 1. The van der Waals surface area contributed by atoms with Gasteiger partial charge < -0.3 is 5.11 Å². The maximum atomic E-state index is 12.2. The van der Waals surface area contributed by atoms with Gasteiger partial charge in [0.05, 0.1) is 11.5 Å². The SMILES string of the molecule is CC(C)C1(CNS(=O)(=O)c2ccc(CO)cc2)CC1. The van der Waals surface area contributed by atoms with E-state index in [0.717, 1.165) is 12.8 Å². The molecular weight excluding hydrogens is 262 g/mol. The third kappa shape index (κ3) is 3.16. The summed E-state index contributed by atoms with van der Waals surface area (Å²) in [5.41, 5.74) is 0.859. The van der Waals surface area contributed by atoms with Crippen molar-refractivity contribution in [1.82, 2.24) is 4.72 Å². The molecule has 0 amide bonds. The van der Waals surface area contributed by atoms with Gasteiger partial charge in [0, 0.05) is 6.54 Å². The Hall–Kier alpha value is -0.910. The molecule has 19 heavy (non-hydrogen) atoms. The molecule has 4 nitrogen and oxygen atoms in total. The van der Waals surface area contributed by atoms with Gasteiger partial charge in [-0.25, -0.2) is 13.1 Å². The lowest BCUT2D eigenvalue weighted by atomic mass is 9.93. The molecule has 5 heteroatoms. The Labute approximate surface area is 114 Å². The van der Waals surface area contributed by atoms with E-state index in [1.165, 1.54) is 12.1 Å². The third-order valence-electron chi connectivity index (χ3n) is 4.15. The Morgan fingerprint density at radius 2 is 1.84 bits per heavy atom. The van der Waals surface area contributed by atoms with Crippen LogP contribution in [-0.4, -0.2) is 20.1 Å². The van der Waals surface area contributed by atoms with Gasteiger partial charge in [-0.3, -0.25) is 0 Å². The van der Waals surface area contributed by atoms with Crippen molar-refractivity contribution >= 4 is 10.0 Å². The third-order valence-corrected chi connectivity index (χ3v) is 5.56. The highest BCUT2D eigenvalue weighted by Gasteiger charge is 2.45. The minimum atomic E-state index is -3.44. The van der Waals surface area contributed by atoms with E-state index >= 15 is 0 Å². The first-order valence-corrected chi connectivity index (χ1v) is 8.07. The van der Waals surface area contributed by atoms with Crippen molar-refractivity contribution in [3.05, 3.63) is 29.8 Å². The Kier molecular flexibility index (Phi) is 3.99. The highest BCUT2D eigenvalue weighted by Crippen LogP contribution is 2.51. The molecule has 0 unspecified atom stereocenters. The maximum Gasteiger partial charge on any atom is 0.240 e. The first-order chi connectivity index (χ1) is 8.89. The van der Waals surface area contributed by atoms with E-state index in [0.29, 0.717) is 18.0 Å². The number of benzene rings is 1. The van der Waals surface area contributed by atoms with Crippen LogP contribution in [0.3, 0.4) is 0 Å². The van der Waals surface area contributed by atoms with Crippen molar-refractivity contribution in [2.75, 3.05) is 6.54 Å². The molecule has 0 spiro atoms. The summed E-state index contributed by atoms with van der Waals surface area (Å²) in [6, 6.07) is 6.32. The fraction of sp³-hybridized carbons (Fsp3) is 0.571. The smallest absolute Gasteiger partial charge is 0.240 e. The van der Waals surface area contributed by atoms with Crippen LogP contribution in [0.4, 0.5) is 0 Å². The largest absolute Gasteiger partial charge is 0.392 e. The van der Waals surface area contributed by atoms with E-state index in [9.17, 15) is 8.42 Å².